The van der Waals surface area contributed by atoms with Crippen molar-refractivity contribution in [3.63, 3.8) is 0 Å². The van der Waals surface area contributed by atoms with Crippen LogP contribution in [-0.4, -0.2) is 25.5 Å². The van der Waals surface area contributed by atoms with Crippen LogP contribution in [0.25, 0.3) is 0 Å². The number of hydrogen-bond acceptors (Lipinski definition) is 3. The van der Waals surface area contributed by atoms with Crippen LogP contribution in [0.5, 0.6) is 5.75 Å². The maximum absolute atomic E-state index is 12.3. The van der Waals surface area contributed by atoms with Gasteiger partial charge in [0.2, 0.25) is 11.8 Å². The first kappa shape index (κ1) is 15.1. The van der Waals surface area contributed by atoms with Crippen molar-refractivity contribution >= 4 is 23.2 Å². The molecule has 5 heteroatoms. The van der Waals surface area contributed by atoms with Crippen LogP contribution in [0.3, 0.4) is 0 Å². The van der Waals surface area contributed by atoms with E-state index >= 15 is 0 Å². The molecule has 3 rings (SSSR count). The third kappa shape index (κ3) is 3.34. The molecule has 118 valence electrons. The van der Waals surface area contributed by atoms with E-state index in [-0.39, 0.29) is 24.2 Å². The molecule has 2 amide bonds. The summed E-state index contributed by atoms with van der Waals surface area (Å²) in [5.74, 6) is 0.229. The van der Waals surface area contributed by atoms with Crippen molar-refractivity contribution in [2.45, 2.75) is 6.42 Å². The van der Waals surface area contributed by atoms with Gasteiger partial charge in [-0.15, -0.1) is 0 Å². The molecule has 1 heterocycles. The fourth-order valence-electron chi connectivity index (χ4n) is 2.66. The zero-order chi connectivity index (χ0) is 16.2. The van der Waals surface area contributed by atoms with Gasteiger partial charge in [-0.25, -0.2) is 0 Å². The summed E-state index contributed by atoms with van der Waals surface area (Å²) in [4.78, 5) is 26.2. The number of ether oxygens (including phenoxy) is 1. The van der Waals surface area contributed by atoms with Crippen molar-refractivity contribution < 1.29 is 14.3 Å². The summed E-state index contributed by atoms with van der Waals surface area (Å²) in [5, 5.41) is 2.86. The number of nitrogens with zero attached hydrogens (tertiary/aromatic N) is 1. The first-order valence-electron chi connectivity index (χ1n) is 7.47. The number of carbonyl (C=O) groups is 2. The van der Waals surface area contributed by atoms with Crippen LogP contribution < -0.4 is 15.0 Å². The minimum absolute atomic E-state index is 0.0385. The van der Waals surface area contributed by atoms with Crippen LogP contribution in [0, 0.1) is 5.92 Å². The van der Waals surface area contributed by atoms with Crippen LogP contribution in [0.4, 0.5) is 11.4 Å². The fourth-order valence-corrected chi connectivity index (χ4v) is 2.66. The predicted molar refractivity (Wildman–Crippen MR) is 88.5 cm³/mol. The summed E-state index contributed by atoms with van der Waals surface area (Å²) in [6, 6.07) is 16.5. The molecule has 0 bridgehead atoms. The molecule has 2 aromatic carbocycles. The lowest BCUT2D eigenvalue weighted by Gasteiger charge is -2.17. The van der Waals surface area contributed by atoms with Crippen LogP contribution >= 0.6 is 0 Å². The number of benzene rings is 2. The molecule has 23 heavy (non-hydrogen) atoms. The maximum atomic E-state index is 12.3. The Balaban J connectivity index is 1.67. The molecule has 0 radical (unpaired) electrons. The average Bonchev–Trinajstić information content (AvgIpc) is 2.98. The number of hydrogen-bond donors (Lipinski definition) is 1. The van der Waals surface area contributed by atoms with Crippen molar-refractivity contribution in [3.05, 3.63) is 54.6 Å². The summed E-state index contributed by atoms with van der Waals surface area (Å²) in [5.41, 5.74) is 1.53. The summed E-state index contributed by atoms with van der Waals surface area (Å²) in [6.07, 6.45) is 0.227. The summed E-state index contributed by atoms with van der Waals surface area (Å²) >= 11 is 0. The second-order valence-electron chi connectivity index (χ2n) is 5.46. The molecule has 0 aliphatic carbocycles. The first-order valence-corrected chi connectivity index (χ1v) is 7.47. The molecule has 1 unspecified atom stereocenters. The maximum Gasteiger partial charge on any atom is 0.229 e. The van der Waals surface area contributed by atoms with Gasteiger partial charge in [0.25, 0.3) is 0 Å². The Kier molecular flexibility index (Phi) is 4.28. The molecule has 1 aliphatic rings. The van der Waals surface area contributed by atoms with Crippen molar-refractivity contribution in [1.82, 2.24) is 0 Å². The number of nitrogens with one attached hydrogen (secondary N) is 1. The van der Waals surface area contributed by atoms with Crippen molar-refractivity contribution in [2.75, 3.05) is 23.9 Å². The highest BCUT2D eigenvalue weighted by atomic mass is 16.5. The molecule has 2 aromatic rings. The zero-order valence-electron chi connectivity index (χ0n) is 12.9. The van der Waals surface area contributed by atoms with E-state index in [2.05, 4.69) is 5.32 Å². The lowest BCUT2D eigenvalue weighted by atomic mass is 10.1. The van der Waals surface area contributed by atoms with Gasteiger partial charge in [0.05, 0.1) is 13.0 Å². The second-order valence-corrected chi connectivity index (χ2v) is 5.46. The number of carbonyl (C=O) groups excluding carboxylic acids is 2. The highest BCUT2D eigenvalue weighted by Crippen LogP contribution is 2.27. The van der Waals surface area contributed by atoms with Crippen molar-refractivity contribution in [2.24, 2.45) is 5.92 Å². The van der Waals surface area contributed by atoms with Crippen LogP contribution in [0.1, 0.15) is 6.42 Å². The van der Waals surface area contributed by atoms with Gasteiger partial charge >= 0.3 is 0 Å². The van der Waals surface area contributed by atoms with Gasteiger partial charge in [0.15, 0.2) is 0 Å². The van der Waals surface area contributed by atoms with Crippen LogP contribution in [0.2, 0.25) is 0 Å². The number of rotatable bonds is 4. The lowest BCUT2D eigenvalue weighted by Crippen LogP contribution is -2.28. The number of para-hydroxylation sites is 1. The highest BCUT2D eigenvalue weighted by Gasteiger charge is 2.35. The standard InChI is InChI=1S/C18H18N2O3/c1-23-16-9-7-15(8-10-16)20-12-13(11-17(20)21)18(22)19-14-5-3-2-4-6-14/h2-10,13H,11-12H2,1H3,(H,19,22). The SMILES string of the molecule is COc1ccc(N2CC(C(=O)Nc3ccccc3)CC2=O)cc1. The molecule has 0 spiro atoms. The molecule has 1 N–H and O–H groups in total. The molecule has 0 saturated carbocycles. The molecule has 1 aliphatic heterocycles. The summed E-state index contributed by atoms with van der Waals surface area (Å²) < 4.78 is 5.12. The van der Waals surface area contributed by atoms with Gasteiger partial charge in [-0.2, -0.15) is 0 Å². The Morgan fingerprint density at radius 2 is 1.83 bits per heavy atom. The number of anilines is 2. The third-order valence-corrected chi connectivity index (χ3v) is 3.92. The van der Waals surface area contributed by atoms with E-state index in [0.29, 0.717) is 6.54 Å². The smallest absolute Gasteiger partial charge is 0.229 e. The monoisotopic (exact) mass is 310 g/mol. The van der Waals surface area contributed by atoms with E-state index in [1.807, 2.05) is 42.5 Å². The molecule has 1 saturated heterocycles. The Labute approximate surface area is 134 Å². The topological polar surface area (TPSA) is 58.6 Å². The molecular weight excluding hydrogens is 292 g/mol. The summed E-state index contributed by atoms with van der Waals surface area (Å²) in [6.45, 7) is 0.393. The average molecular weight is 310 g/mol. The molecule has 1 fully saturated rings. The van der Waals surface area contributed by atoms with Gasteiger partial charge in [-0.3, -0.25) is 9.59 Å². The van der Waals surface area contributed by atoms with Crippen molar-refractivity contribution in [1.29, 1.82) is 0 Å². The van der Waals surface area contributed by atoms with E-state index in [1.165, 1.54) is 0 Å². The largest absolute Gasteiger partial charge is 0.497 e. The molecule has 0 aromatic heterocycles. The normalized spacial score (nSPS) is 17.2. The van der Waals surface area contributed by atoms with E-state index < -0.39 is 0 Å². The predicted octanol–water partition coefficient (Wildman–Crippen LogP) is 2.69. The van der Waals surface area contributed by atoms with E-state index in [4.69, 9.17) is 4.74 Å². The zero-order valence-corrected chi connectivity index (χ0v) is 12.9. The lowest BCUT2D eigenvalue weighted by molar-refractivity contribution is -0.122. The van der Waals surface area contributed by atoms with Gasteiger partial charge < -0.3 is 15.0 Å². The Morgan fingerprint density at radius 1 is 1.13 bits per heavy atom. The minimum Gasteiger partial charge on any atom is -0.497 e. The van der Waals surface area contributed by atoms with E-state index in [0.717, 1.165) is 17.1 Å². The third-order valence-electron chi connectivity index (χ3n) is 3.92. The molecule has 5 nitrogen and oxygen atoms in total. The van der Waals surface area contributed by atoms with E-state index in [9.17, 15) is 9.59 Å². The van der Waals surface area contributed by atoms with E-state index in [1.54, 1.807) is 24.1 Å². The number of methoxy groups -OCH3 is 1. The fraction of sp³-hybridized carbons (Fsp3) is 0.222. The Bertz CT molecular complexity index is 698. The van der Waals surface area contributed by atoms with Crippen molar-refractivity contribution in [3.8, 4) is 5.75 Å². The minimum atomic E-state index is -0.343. The Hall–Kier alpha value is -2.82. The van der Waals surface area contributed by atoms with Crippen LogP contribution in [-0.2, 0) is 9.59 Å². The quantitative estimate of drug-likeness (QED) is 0.944. The Morgan fingerprint density at radius 3 is 2.48 bits per heavy atom. The number of amides is 2. The van der Waals surface area contributed by atoms with Gasteiger partial charge in [-0.1, -0.05) is 18.2 Å². The molecule has 1 atom stereocenters. The van der Waals surface area contributed by atoms with Gasteiger partial charge in [-0.05, 0) is 36.4 Å². The summed E-state index contributed by atoms with van der Waals surface area (Å²) in [7, 11) is 1.60. The first-order chi connectivity index (χ1) is 11.2. The van der Waals surface area contributed by atoms with Gasteiger partial charge in [0, 0.05) is 24.3 Å². The molecular formula is C18H18N2O3. The van der Waals surface area contributed by atoms with Crippen LogP contribution in [0.15, 0.2) is 54.6 Å². The highest BCUT2D eigenvalue weighted by molar-refractivity contribution is 6.03. The van der Waals surface area contributed by atoms with Gasteiger partial charge in [0.1, 0.15) is 5.75 Å². The second kappa shape index (κ2) is 6.52.